The van der Waals surface area contributed by atoms with Crippen molar-refractivity contribution in [2.75, 3.05) is 4.90 Å². The van der Waals surface area contributed by atoms with Gasteiger partial charge in [-0.3, -0.25) is 9.59 Å². The van der Waals surface area contributed by atoms with E-state index < -0.39 is 0 Å². The normalized spacial score (nSPS) is 34.6. The first-order chi connectivity index (χ1) is 11.7. The van der Waals surface area contributed by atoms with E-state index in [1.807, 2.05) is 42.5 Å². The lowest BCUT2D eigenvalue weighted by molar-refractivity contribution is -0.123. The molecular formula is C21H17NO2. The van der Waals surface area contributed by atoms with Gasteiger partial charge in [0, 0.05) is 5.39 Å². The zero-order valence-corrected chi connectivity index (χ0v) is 13.2. The smallest absolute Gasteiger partial charge is 0.238 e. The summed E-state index contributed by atoms with van der Waals surface area (Å²) in [5.74, 6) is 0.338. The van der Waals surface area contributed by atoms with Crippen molar-refractivity contribution >= 4 is 28.3 Å². The van der Waals surface area contributed by atoms with Gasteiger partial charge in [-0.05, 0) is 41.5 Å². The van der Waals surface area contributed by atoms with Crippen LogP contribution in [0.5, 0.6) is 0 Å². The van der Waals surface area contributed by atoms with Crippen molar-refractivity contribution in [3.63, 3.8) is 0 Å². The van der Waals surface area contributed by atoms with E-state index in [0.717, 1.165) is 16.5 Å². The highest BCUT2D eigenvalue weighted by atomic mass is 16.2. The maximum Gasteiger partial charge on any atom is 0.238 e. The van der Waals surface area contributed by atoms with Gasteiger partial charge in [-0.15, -0.1) is 0 Å². The summed E-state index contributed by atoms with van der Waals surface area (Å²) >= 11 is 0. The quantitative estimate of drug-likeness (QED) is 0.596. The van der Waals surface area contributed by atoms with E-state index in [-0.39, 0.29) is 40.9 Å². The number of anilines is 1. The highest BCUT2D eigenvalue weighted by Crippen LogP contribution is 2.73. The number of nitrogens with zero attached hydrogens (tertiary/aromatic N) is 1. The molecule has 0 N–H and O–H groups in total. The fourth-order valence-electron chi connectivity index (χ4n) is 5.72. The molecule has 1 spiro atoms. The van der Waals surface area contributed by atoms with E-state index in [9.17, 15) is 9.59 Å². The summed E-state index contributed by atoms with van der Waals surface area (Å²) in [5, 5.41) is 2.04. The molecule has 24 heavy (non-hydrogen) atoms. The number of amides is 2. The Morgan fingerprint density at radius 1 is 0.833 bits per heavy atom. The second-order valence-electron chi connectivity index (χ2n) is 7.73. The van der Waals surface area contributed by atoms with Gasteiger partial charge >= 0.3 is 0 Å². The predicted molar refractivity (Wildman–Crippen MR) is 91.2 cm³/mol. The summed E-state index contributed by atoms with van der Waals surface area (Å²) in [4.78, 5) is 27.9. The Balaban J connectivity index is 1.50. The third-order valence-electron chi connectivity index (χ3n) is 6.86. The van der Waals surface area contributed by atoms with E-state index in [1.165, 1.54) is 17.7 Å². The van der Waals surface area contributed by atoms with Crippen molar-refractivity contribution in [1.29, 1.82) is 0 Å². The SMILES string of the molecule is O=C1[C@@H]2[C@@H](C(=O)N1c1cccc3ccccc13)[C@@H]1C=C[C@H]2C12CC2. The first-order valence-corrected chi connectivity index (χ1v) is 8.76. The molecule has 1 aliphatic heterocycles. The molecule has 0 radical (unpaired) electrons. The Bertz CT molecular complexity index is 916. The van der Waals surface area contributed by atoms with Gasteiger partial charge in [0.25, 0.3) is 0 Å². The minimum atomic E-state index is -0.131. The Labute approximate surface area is 139 Å². The number of hydrogen-bond acceptors (Lipinski definition) is 2. The lowest BCUT2D eigenvalue weighted by Crippen LogP contribution is -2.34. The zero-order valence-electron chi connectivity index (χ0n) is 13.2. The highest BCUT2D eigenvalue weighted by molar-refractivity contribution is 6.25. The van der Waals surface area contributed by atoms with Gasteiger partial charge in [-0.25, -0.2) is 4.90 Å². The minimum Gasteiger partial charge on any atom is -0.274 e. The summed E-state index contributed by atoms with van der Waals surface area (Å²) < 4.78 is 0. The summed E-state index contributed by atoms with van der Waals surface area (Å²) in [5.41, 5.74) is 1.01. The van der Waals surface area contributed by atoms with Crippen LogP contribution in [-0.4, -0.2) is 11.8 Å². The van der Waals surface area contributed by atoms with Gasteiger partial charge in [0.1, 0.15) is 0 Å². The molecular weight excluding hydrogens is 298 g/mol. The number of carbonyl (C=O) groups excluding carboxylic acids is 2. The van der Waals surface area contributed by atoms with Crippen molar-refractivity contribution in [3.8, 4) is 0 Å². The number of hydrogen-bond donors (Lipinski definition) is 0. The largest absolute Gasteiger partial charge is 0.274 e. The Morgan fingerprint density at radius 3 is 2.12 bits per heavy atom. The summed E-state index contributed by atoms with van der Waals surface area (Å²) in [6, 6.07) is 13.8. The molecule has 3 heteroatoms. The van der Waals surface area contributed by atoms with Crippen molar-refractivity contribution < 1.29 is 9.59 Å². The average Bonchev–Trinajstić information content (AvgIpc) is 3.20. The number of fused-ring (bicyclic) bond motifs is 4. The second-order valence-corrected chi connectivity index (χ2v) is 7.73. The van der Waals surface area contributed by atoms with Crippen molar-refractivity contribution in [2.45, 2.75) is 12.8 Å². The van der Waals surface area contributed by atoms with Crippen molar-refractivity contribution in [1.82, 2.24) is 0 Å². The number of allylic oxidation sites excluding steroid dienone is 2. The number of benzene rings is 2. The van der Waals surface area contributed by atoms with Crippen LogP contribution in [0.15, 0.2) is 54.6 Å². The standard InChI is InChI=1S/C21H17NO2/c23-19-17-14-8-9-15(21(14)10-11-21)18(17)20(24)22(19)16-7-3-5-12-4-1-2-6-13(12)16/h1-9,14-15,17-18H,10-11H2/t14-,15+,17-,18-/m0/s1. The minimum absolute atomic E-state index is 0.0180. The van der Waals surface area contributed by atoms with Gasteiger partial charge in [0.15, 0.2) is 0 Å². The Morgan fingerprint density at radius 2 is 1.46 bits per heavy atom. The first kappa shape index (κ1) is 12.9. The summed E-state index contributed by atoms with van der Waals surface area (Å²) in [6.07, 6.45) is 6.79. The molecule has 2 aromatic carbocycles. The topological polar surface area (TPSA) is 37.4 Å². The molecule has 6 rings (SSSR count). The molecule has 3 aliphatic carbocycles. The average molecular weight is 315 g/mol. The zero-order chi connectivity index (χ0) is 16.1. The van der Waals surface area contributed by atoms with Crippen LogP contribution in [0.3, 0.4) is 0 Å². The van der Waals surface area contributed by atoms with E-state index in [4.69, 9.17) is 0 Å². The van der Waals surface area contributed by atoms with E-state index in [1.54, 1.807) is 0 Å². The summed E-state index contributed by atoms with van der Waals surface area (Å²) in [6.45, 7) is 0. The maximum atomic E-state index is 13.2. The van der Waals surface area contributed by atoms with Gasteiger partial charge in [-0.2, -0.15) is 0 Å². The maximum absolute atomic E-state index is 13.2. The van der Waals surface area contributed by atoms with Gasteiger partial charge < -0.3 is 0 Å². The van der Waals surface area contributed by atoms with Crippen LogP contribution in [0.25, 0.3) is 10.8 Å². The fraction of sp³-hybridized carbons (Fsp3) is 0.333. The van der Waals surface area contributed by atoms with Crippen LogP contribution in [0, 0.1) is 29.1 Å². The van der Waals surface area contributed by atoms with Gasteiger partial charge in [0.05, 0.1) is 17.5 Å². The number of rotatable bonds is 1. The lowest BCUT2D eigenvalue weighted by Gasteiger charge is -2.22. The van der Waals surface area contributed by atoms with Gasteiger partial charge in [-0.1, -0.05) is 48.6 Å². The van der Waals surface area contributed by atoms with E-state index >= 15 is 0 Å². The Hall–Kier alpha value is -2.42. The monoisotopic (exact) mass is 315 g/mol. The molecule has 2 saturated carbocycles. The van der Waals surface area contributed by atoms with Crippen molar-refractivity contribution in [2.24, 2.45) is 29.1 Å². The van der Waals surface area contributed by atoms with Crippen LogP contribution in [-0.2, 0) is 9.59 Å². The Kier molecular flexibility index (Phi) is 2.14. The number of carbonyl (C=O) groups is 2. The van der Waals surface area contributed by atoms with Crippen molar-refractivity contribution in [3.05, 3.63) is 54.6 Å². The molecule has 1 heterocycles. The molecule has 4 aliphatic rings. The molecule has 4 atom stereocenters. The highest BCUT2D eigenvalue weighted by Gasteiger charge is 2.73. The third-order valence-corrected chi connectivity index (χ3v) is 6.86. The third kappa shape index (κ3) is 1.28. The molecule has 2 bridgehead atoms. The van der Waals surface area contributed by atoms with Gasteiger partial charge in [0.2, 0.25) is 11.8 Å². The second kappa shape index (κ2) is 3.97. The van der Waals surface area contributed by atoms with Crippen LogP contribution < -0.4 is 4.90 Å². The lowest BCUT2D eigenvalue weighted by atomic mass is 9.85. The van der Waals surface area contributed by atoms with Crippen LogP contribution in [0.1, 0.15) is 12.8 Å². The molecule has 3 nitrogen and oxygen atoms in total. The molecule has 118 valence electrons. The molecule has 3 fully saturated rings. The molecule has 0 aromatic heterocycles. The fourth-order valence-corrected chi connectivity index (χ4v) is 5.72. The predicted octanol–water partition coefficient (Wildman–Crippen LogP) is 3.54. The first-order valence-electron chi connectivity index (χ1n) is 8.76. The molecule has 0 unspecified atom stereocenters. The van der Waals surface area contributed by atoms with Crippen LogP contribution >= 0.6 is 0 Å². The summed E-state index contributed by atoms with van der Waals surface area (Å²) in [7, 11) is 0. The van der Waals surface area contributed by atoms with Crippen LogP contribution in [0.4, 0.5) is 5.69 Å². The number of imide groups is 1. The van der Waals surface area contributed by atoms with E-state index in [2.05, 4.69) is 12.2 Å². The van der Waals surface area contributed by atoms with Crippen LogP contribution in [0.2, 0.25) is 0 Å². The molecule has 2 amide bonds. The van der Waals surface area contributed by atoms with E-state index in [0.29, 0.717) is 0 Å². The molecule has 2 aromatic rings. The molecule has 1 saturated heterocycles.